The van der Waals surface area contributed by atoms with Crippen molar-refractivity contribution in [2.45, 2.75) is 32.6 Å². The van der Waals surface area contributed by atoms with Crippen LogP contribution in [0.1, 0.15) is 42.1 Å². The van der Waals surface area contributed by atoms with E-state index in [9.17, 15) is 9.59 Å². The number of hydrogen-bond acceptors (Lipinski definition) is 2. The molecule has 3 rings (SSSR count). The Morgan fingerprint density at radius 3 is 2.26 bits per heavy atom. The molecule has 0 aliphatic carbocycles. The van der Waals surface area contributed by atoms with Crippen LogP contribution in [0, 0.1) is 5.92 Å². The molecule has 1 fully saturated rings. The normalized spacial score (nSPS) is 14.8. The van der Waals surface area contributed by atoms with Gasteiger partial charge in [-0.2, -0.15) is 0 Å². The van der Waals surface area contributed by atoms with Crippen molar-refractivity contribution in [2.75, 3.05) is 18.4 Å². The van der Waals surface area contributed by atoms with Crippen molar-refractivity contribution in [1.29, 1.82) is 0 Å². The lowest BCUT2D eigenvalue weighted by atomic mass is 9.95. The maximum absolute atomic E-state index is 12.6. The van der Waals surface area contributed by atoms with Gasteiger partial charge in [-0.05, 0) is 61.2 Å². The number of carbonyl (C=O) groups is 2. The number of rotatable bonds is 5. The molecular weight excluding hydrogens is 404 g/mol. The Kier molecular flexibility index (Phi) is 6.67. The van der Waals surface area contributed by atoms with Gasteiger partial charge in [0.2, 0.25) is 5.91 Å². The van der Waals surface area contributed by atoms with Crippen molar-refractivity contribution in [3.8, 4) is 0 Å². The first-order chi connectivity index (χ1) is 13.1. The largest absolute Gasteiger partial charge is 0.339 e. The van der Waals surface area contributed by atoms with E-state index < -0.39 is 0 Å². The van der Waals surface area contributed by atoms with Crippen molar-refractivity contribution in [3.05, 3.63) is 64.1 Å². The molecule has 0 spiro atoms. The van der Waals surface area contributed by atoms with Crippen molar-refractivity contribution in [3.63, 3.8) is 0 Å². The Labute approximate surface area is 169 Å². The summed E-state index contributed by atoms with van der Waals surface area (Å²) in [5, 5.41) is 3.02. The molecule has 27 heavy (non-hydrogen) atoms. The lowest BCUT2D eigenvalue weighted by Crippen LogP contribution is -2.41. The van der Waals surface area contributed by atoms with Crippen LogP contribution in [0.5, 0.6) is 0 Å². The molecule has 0 atom stereocenters. The zero-order chi connectivity index (χ0) is 19.2. The van der Waals surface area contributed by atoms with Crippen LogP contribution in [0.2, 0.25) is 0 Å². The summed E-state index contributed by atoms with van der Waals surface area (Å²) in [5.41, 5.74) is 2.82. The predicted molar refractivity (Wildman–Crippen MR) is 112 cm³/mol. The number of likely N-dealkylation sites (tertiary alicyclic amines) is 1. The van der Waals surface area contributed by atoms with Gasteiger partial charge in [-0.1, -0.05) is 41.4 Å². The third-order valence-corrected chi connectivity index (χ3v) is 5.53. The number of hydrogen-bond donors (Lipinski definition) is 1. The fourth-order valence-electron chi connectivity index (χ4n) is 3.41. The molecule has 1 N–H and O–H groups in total. The third-order valence-electron chi connectivity index (χ3n) is 5.00. The van der Waals surface area contributed by atoms with Crippen LogP contribution >= 0.6 is 15.9 Å². The number of amides is 2. The first kappa shape index (κ1) is 19.6. The van der Waals surface area contributed by atoms with E-state index in [1.807, 2.05) is 41.3 Å². The fourth-order valence-corrected chi connectivity index (χ4v) is 3.67. The zero-order valence-corrected chi connectivity index (χ0v) is 17.2. The van der Waals surface area contributed by atoms with Gasteiger partial charge in [0.05, 0.1) is 0 Å². The summed E-state index contributed by atoms with van der Waals surface area (Å²) in [6, 6.07) is 15.5. The van der Waals surface area contributed by atoms with Gasteiger partial charge in [0, 0.05) is 34.7 Å². The summed E-state index contributed by atoms with van der Waals surface area (Å²) in [5.74, 6) is 0.0381. The maximum atomic E-state index is 12.6. The van der Waals surface area contributed by atoms with Crippen molar-refractivity contribution < 1.29 is 9.59 Å². The van der Waals surface area contributed by atoms with Gasteiger partial charge in [0.1, 0.15) is 0 Å². The summed E-state index contributed by atoms with van der Waals surface area (Å²) < 4.78 is 0.956. The molecule has 0 unspecified atom stereocenters. The number of aryl methyl sites for hydroxylation is 1. The molecule has 5 heteroatoms. The molecule has 1 saturated heterocycles. The van der Waals surface area contributed by atoms with E-state index in [0.29, 0.717) is 31.5 Å². The summed E-state index contributed by atoms with van der Waals surface area (Å²) >= 11 is 3.38. The highest BCUT2D eigenvalue weighted by Gasteiger charge is 2.27. The molecule has 0 saturated carbocycles. The Morgan fingerprint density at radius 1 is 1.04 bits per heavy atom. The van der Waals surface area contributed by atoms with Crippen molar-refractivity contribution in [1.82, 2.24) is 4.90 Å². The first-order valence-electron chi connectivity index (χ1n) is 9.51. The second-order valence-electron chi connectivity index (χ2n) is 7.01. The van der Waals surface area contributed by atoms with Crippen LogP contribution in [0.25, 0.3) is 0 Å². The lowest BCUT2D eigenvalue weighted by molar-refractivity contribution is -0.121. The van der Waals surface area contributed by atoms with Crippen LogP contribution in [0.15, 0.2) is 53.0 Å². The van der Waals surface area contributed by atoms with Gasteiger partial charge in [-0.25, -0.2) is 0 Å². The van der Waals surface area contributed by atoms with Crippen molar-refractivity contribution in [2.24, 2.45) is 5.92 Å². The summed E-state index contributed by atoms with van der Waals surface area (Å²) in [4.78, 5) is 27.0. The molecular formula is C22H25BrN2O2. The topological polar surface area (TPSA) is 49.4 Å². The highest BCUT2D eigenvalue weighted by molar-refractivity contribution is 9.10. The van der Waals surface area contributed by atoms with Crippen LogP contribution in [-0.4, -0.2) is 29.8 Å². The Bertz CT molecular complexity index is 779. The lowest BCUT2D eigenvalue weighted by Gasteiger charge is -2.31. The second kappa shape index (κ2) is 9.18. The predicted octanol–water partition coefficient (Wildman–Crippen LogP) is 4.89. The van der Waals surface area contributed by atoms with E-state index >= 15 is 0 Å². The van der Waals surface area contributed by atoms with Crippen LogP contribution in [-0.2, 0) is 11.2 Å². The number of halogens is 1. The standard InChI is InChI=1S/C22H25BrN2O2/c1-2-3-16-4-10-20(11-5-16)24-21(26)17-12-14-25(15-13-17)22(27)18-6-8-19(23)9-7-18/h4-11,17H,2-3,12-15H2,1H3,(H,24,26). The number of carbonyl (C=O) groups excluding carboxylic acids is 2. The zero-order valence-electron chi connectivity index (χ0n) is 15.6. The number of nitrogens with zero attached hydrogens (tertiary/aromatic N) is 1. The van der Waals surface area contributed by atoms with Gasteiger partial charge in [0.25, 0.3) is 5.91 Å². The van der Waals surface area contributed by atoms with E-state index in [2.05, 4.69) is 40.3 Å². The second-order valence-corrected chi connectivity index (χ2v) is 7.93. The van der Waals surface area contributed by atoms with E-state index in [1.54, 1.807) is 0 Å². The molecule has 2 amide bonds. The minimum Gasteiger partial charge on any atom is -0.339 e. The maximum Gasteiger partial charge on any atom is 0.253 e. The molecule has 142 valence electrons. The average molecular weight is 429 g/mol. The minimum absolute atomic E-state index is 0.0351. The molecule has 1 heterocycles. The summed E-state index contributed by atoms with van der Waals surface area (Å²) in [7, 11) is 0. The van der Waals surface area contributed by atoms with Crippen LogP contribution < -0.4 is 5.32 Å². The summed E-state index contributed by atoms with van der Waals surface area (Å²) in [6.07, 6.45) is 3.56. The molecule has 2 aromatic rings. The smallest absolute Gasteiger partial charge is 0.253 e. The quantitative estimate of drug-likeness (QED) is 0.736. The highest BCUT2D eigenvalue weighted by atomic mass is 79.9. The number of piperidine rings is 1. The first-order valence-corrected chi connectivity index (χ1v) is 10.3. The van der Waals surface area contributed by atoms with Gasteiger partial charge in [-0.3, -0.25) is 9.59 Å². The minimum atomic E-state index is -0.0470. The Balaban J connectivity index is 1.51. The van der Waals surface area contributed by atoms with Crippen LogP contribution in [0.3, 0.4) is 0 Å². The SMILES string of the molecule is CCCc1ccc(NC(=O)C2CCN(C(=O)c3ccc(Br)cc3)CC2)cc1. The van der Waals surface area contributed by atoms with Gasteiger partial charge in [-0.15, -0.1) is 0 Å². The van der Waals surface area contributed by atoms with Gasteiger partial charge < -0.3 is 10.2 Å². The molecule has 0 bridgehead atoms. The monoisotopic (exact) mass is 428 g/mol. The molecule has 2 aromatic carbocycles. The summed E-state index contributed by atoms with van der Waals surface area (Å²) in [6.45, 7) is 3.38. The number of nitrogens with one attached hydrogen (secondary N) is 1. The highest BCUT2D eigenvalue weighted by Crippen LogP contribution is 2.22. The molecule has 1 aliphatic rings. The van der Waals surface area contributed by atoms with E-state index in [-0.39, 0.29) is 17.7 Å². The number of benzene rings is 2. The van der Waals surface area contributed by atoms with Gasteiger partial charge >= 0.3 is 0 Å². The fraction of sp³-hybridized carbons (Fsp3) is 0.364. The van der Waals surface area contributed by atoms with E-state index in [0.717, 1.165) is 23.0 Å². The van der Waals surface area contributed by atoms with Gasteiger partial charge in [0.15, 0.2) is 0 Å². The van der Waals surface area contributed by atoms with E-state index in [1.165, 1.54) is 5.56 Å². The van der Waals surface area contributed by atoms with Crippen LogP contribution in [0.4, 0.5) is 5.69 Å². The third kappa shape index (κ3) is 5.19. The Morgan fingerprint density at radius 2 is 1.67 bits per heavy atom. The number of anilines is 1. The molecule has 4 nitrogen and oxygen atoms in total. The Hall–Kier alpha value is -2.14. The molecule has 1 aliphatic heterocycles. The average Bonchev–Trinajstić information content (AvgIpc) is 2.70. The molecule has 0 aromatic heterocycles. The van der Waals surface area contributed by atoms with Crippen molar-refractivity contribution >= 4 is 33.4 Å². The molecule has 0 radical (unpaired) electrons. The van der Waals surface area contributed by atoms with E-state index in [4.69, 9.17) is 0 Å².